The maximum atomic E-state index is 13.0. The molecule has 274 valence electrons. The van der Waals surface area contributed by atoms with Crippen molar-refractivity contribution in [3.8, 4) is 0 Å². The average Bonchev–Trinajstić information content (AvgIpc) is 3.09. The lowest BCUT2D eigenvalue weighted by atomic mass is 9.95. The SMILES string of the molecule is CNC(=O)[C@H](C)CC(=O)[C@H](CCCN=C(N)N)NC(=O)[C@H](C)CC(=O)CCCNC(=O)c1ccc(NCc2cnc3nc(C)[nH]c(=O)c3n2)cc1. The van der Waals surface area contributed by atoms with Crippen LogP contribution >= 0.6 is 0 Å². The summed E-state index contributed by atoms with van der Waals surface area (Å²) >= 11 is 0. The lowest BCUT2D eigenvalue weighted by molar-refractivity contribution is -0.133. The minimum atomic E-state index is -0.857. The highest BCUT2D eigenvalue weighted by molar-refractivity contribution is 5.95. The minimum absolute atomic E-state index is 0.0321. The maximum absolute atomic E-state index is 13.0. The quantitative estimate of drug-likeness (QED) is 0.0484. The van der Waals surface area contributed by atoms with Crippen LogP contribution in [0.3, 0.4) is 0 Å². The van der Waals surface area contributed by atoms with Gasteiger partial charge in [-0.15, -0.1) is 0 Å². The van der Waals surface area contributed by atoms with Crippen LogP contribution in [0.15, 0.2) is 40.2 Å². The number of guanidine groups is 1. The Bertz CT molecular complexity index is 1790. The Kier molecular flexibility index (Phi) is 15.1. The zero-order valence-corrected chi connectivity index (χ0v) is 29.4. The molecule has 3 rings (SSSR count). The first kappa shape index (κ1) is 39.7. The summed E-state index contributed by atoms with van der Waals surface area (Å²) in [6.45, 7) is 5.73. The molecule has 0 unspecified atom stereocenters. The highest BCUT2D eigenvalue weighted by Gasteiger charge is 2.27. The van der Waals surface area contributed by atoms with Gasteiger partial charge in [0.05, 0.1) is 24.5 Å². The van der Waals surface area contributed by atoms with Crippen molar-refractivity contribution in [1.29, 1.82) is 0 Å². The van der Waals surface area contributed by atoms with E-state index in [1.807, 2.05) is 0 Å². The third kappa shape index (κ3) is 12.9. The van der Waals surface area contributed by atoms with Crippen LogP contribution in [0.4, 0.5) is 5.69 Å². The summed E-state index contributed by atoms with van der Waals surface area (Å²) in [6.07, 6.45) is 2.68. The number of rotatable bonds is 20. The molecular weight excluding hydrogens is 658 g/mol. The number of fused-ring (bicyclic) bond motifs is 1. The number of hydrogen-bond donors (Lipinski definition) is 7. The number of amides is 3. The van der Waals surface area contributed by atoms with Gasteiger partial charge in [0.1, 0.15) is 11.6 Å². The number of nitrogens with zero attached hydrogens (tertiary/aromatic N) is 4. The number of H-pyrrole nitrogens is 1. The fourth-order valence-electron chi connectivity index (χ4n) is 5.12. The number of nitrogens with two attached hydrogens (primary N) is 2. The molecule has 0 saturated heterocycles. The van der Waals surface area contributed by atoms with Gasteiger partial charge in [-0.1, -0.05) is 13.8 Å². The van der Waals surface area contributed by atoms with Crippen LogP contribution in [0, 0.1) is 18.8 Å². The number of carbonyl (C=O) groups is 5. The summed E-state index contributed by atoms with van der Waals surface area (Å²) in [4.78, 5) is 94.5. The third-order valence-electron chi connectivity index (χ3n) is 7.96. The van der Waals surface area contributed by atoms with Crippen LogP contribution in [-0.4, -0.2) is 81.4 Å². The van der Waals surface area contributed by atoms with Crippen molar-refractivity contribution in [3.05, 3.63) is 57.9 Å². The van der Waals surface area contributed by atoms with Crippen LogP contribution in [0.2, 0.25) is 0 Å². The van der Waals surface area contributed by atoms with E-state index >= 15 is 0 Å². The maximum Gasteiger partial charge on any atom is 0.279 e. The van der Waals surface area contributed by atoms with Gasteiger partial charge in [0.15, 0.2) is 22.9 Å². The zero-order valence-electron chi connectivity index (χ0n) is 29.4. The molecule has 9 N–H and O–H groups in total. The number of aliphatic imine (C=N–C) groups is 1. The first-order valence-corrected chi connectivity index (χ1v) is 16.7. The molecule has 3 amide bonds. The Balaban J connectivity index is 1.41. The molecule has 0 spiro atoms. The largest absolute Gasteiger partial charge is 0.379 e. The number of aryl methyl sites for hydroxylation is 1. The molecule has 0 radical (unpaired) electrons. The number of nitrogens with one attached hydrogen (secondary N) is 5. The molecule has 0 aliphatic heterocycles. The number of carbonyl (C=O) groups excluding carboxylic acids is 5. The molecule has 2 heterocycles. The van der Waals surface area contributed by atoms with Crippen LogP contribution in [0.1, 0.15) is 74.2 Å². The predicted molar refractivity (Wildman–Crippen MR) is 192 cm³/mol. The summed E-state index contributed by atoms with van der Waals surface area (Å²) in [5, 5.41) is 11.2. The molecule has 0 fully saturated rings. The summed E-state index contributed by atoms with van der Waals surface area (Å²) < 4.78 is 0. The lowest BCUT2D eigenvalue weighted by Crippen LogP contribution is -2.44. The first-order chi connectivity index (χ1) is 24.3. The van der Waals surface area contributed by atoms with Crippen molar-refractivity contribution in [3.63, 3.8) is 0 Å². The van der Waals surface area contributed by atoms with Crippen molar-refractivity contribution in [1.82, 2.24) is 35.9 Å². The van der Waals surface area contributed by atoms with Crippen LogP contribution in [0.25, 0.3) is 11.2 Å². The molecule has 51 heavy (non-hydrogen) atoms. The molecule has 0 bridgehead atoms. The smallest absolute Gasteiger partial charge is 0.279 e. The monoisotopic (exact) mass is 705 g/mol. The Hall–Kier alpha value is -5.74. The van der Waals surface area contributed by atoms with E-state index in [1.54, 1.807) is 51.2 Å². The topological polar surface area (TPSA) is 269 Å². The van der Waals surface area contributed by atoms with Gasteiger partial charge in [0.2, 0.25) is 11.8 Å². The van der Waals surface area contributed by atoms with Crippen molar-refractivity contribution in [2.75, 3.05) is 25.5 Å². The fraction of sp³-hybridized carbons (Fsp3) is 0.471. The normalized spacial score (nSPS) is 12.6. The summed E-state index contributed by atoms with van der Waals surface area (Å²) in [7, 11) is 1.49. The van der Waals surface area contributed by atoms with Gasteiger partial charge in [-0.3, -0.25) is 33.8 Å². The fourth-order valence-corrected chi connectivity index (χ4v) is 5.12. The molecule has 17 heteroatoms. The second-order valence-electron chi connectivity index (χ2n) is 12.3. The molecule has 0 saturated carbocycles. The highest BCUT2D eigenvalue weighted by atomic mass is 16.2. The van der Waals surface area contributed by atoms with Crippen LogP contribution in [-0.2, 0) is 25.7 Å². The minimum Gasteiger partial charge on any atom is -0.379 e. The van der Waals surface area contributed by atoms with Gasteiger partial charge in [-0.2, -0.15) is 0 Å². The number of anilines is 1. The average molecular weight is 706 g/mol. The van der Waals surface area contributed by atoms with E-state index in [4.69, 9.17) is 11.5 Å². The highest BCUT2D eigenvalue weighted by Crippen LogP contribution is 2.14. The van der Waals surface area contributed by atoms with E-state index in [0.717, 1.165) is 5.69 Å². The lowest BCUT2D eigenvalue weighted by Gasteiger charge is -2.21. The molecule has 0 aliphatic carbocycles. The third-order valence-corrected chi connectivity index (χ3v) is 7.96. The molecular formula is C34H47N11O6. The number of benzene rings is 1. The standard InChI is InChI=1S/C34H47N11O6/c1-19(31(49)45-26(8-6-14-39-34(35)36)27(47)16-20(2)30(48)37-4)15-25(46)7-5-13-38-32(50)22-9-11-23(12-10-22)40-17-24-18-41-29-28(44-24)33(51)43-21(3)42-29/h9-12,18-20,26,40H,5-8,13-17H2,1-4H3,(H,37,48)(H,38,50)(H,45,49)(H4,35,36,39)(H,41,42,43,51)/t19-,20-,26+/m1/s1. The molecule has 17 nitrogen and oxygen atoms in total. The van der Waals surface area contributed by atoms with Crippen LogP contribution < -0.4 is 38.3 Å². The Morgan fingerprint density at radius 3 is 2.35 bits per heavy atom. The Morgan fingerprint density at radius 1 is 0.961 bits per heavy atom. The first-order valence-electron chi connectivity index (χ1n) is 16.7. The molecule has 2 aromatic heterocycles. The van der Waals surface area contributed by atoms with Crippen molar-refractivity contribution in [2.24, 2.45) is 28.3 Å². The van der Waals surface area contributed by atoms with Gasteiger partial charge in [-0.25, -0.2) is 15.0 Å². The van der Waals surface area contributed by atoms with E-state index in [1.165, 1.54) is 7.05 Å². The van der Waals surface area contributed by atoms with Crippen LogP contribution in [0.5, 0.6) is 0 Å². The molecule has 0 aliphatic rings. The number of aromatic nitrogens is 4. The number of aromatic amines is 1. The number of ketones is 2. The number of Topliss-reactive ketones (excluding diaryl/α,β-unsaturated/α-hetero) is 2. The van der Waals surface area contributed by atoms with Gasteiger partial charge < -0.3 is 37.7 Å². The second kappa shape index (κ2) is 19.4. The van der Waals surface area contributed by atoms with Gasteiger partial charge in [-0.05, 0) is 50.5 Å². The number of hydrogen-bond acceptors (Lipinski definition) is 11. The summed E-state index contributed by atoms with van der Waals surface area (Å²) in [5.74, 6) is -2.38. The van der Waals surface area contributed by atoms with Crippen molar-refractivity contribution >= 4 is 52.1 Å². The van der Waals surface area contributed by atoms with Gasteiger partial charge in [0, 0.05) is 62.5 Å². The van der Waals surface area contributed by atoms with Crippen molar-refractivity contribution < 1.29 is 24.0 Å². The Labute approximate surface area is 295 Å². The van der Waals surface area contributed by atoms with Gasteiger partial charge >= 0.3 is 0 Å². The molecule has 1 aromatic carbocycles. The van der Waals surface area contributed by atoms with E-state index in [-0.39, 0.29) is 84.8 Å². The zero-order chi connectivity index (χ0) is 37.5. The predicted octanol–water partition coefficient (Wildman–Crippen LogP) is 0.619. The van der Waals surface area contributed by atoms with Crippen molar-refractivity contribution in [2.45, 2.75) is 71.9 Å². The molecule has 3 atom stereocenters. The summed E-state index contributed by atoms with van der Waals surface area (Å²) in [5.41, 5.74) is 12.5. The van der Waals surface area contributed by atoms with E-state index in [9.17, 15) is 28.8 Å². The van der Waals surface area contributed by atoms with E-state index in [2.05, 4.69) is 46.2 Å². The van der Waals surface area contributed by atoms with E-state index in [0.29, 0.717) is 36.5 Å². The Morgan fingerprint density at radius 2 is 1.67 bits per heavy atom. The van der Waals surface area contributed by atoms with Gasteiger partial charge in [0.25, 0.3) is 11.5 Å². The van der Waals surface area contributed by atoms with E-state index < -0.39 is 23.8 Å². The molecule has 3 aromatic rings. The second-order valence-corrected chi connectivity index (χ2v) is 12.3. The summed E-state index contributed by atoms with van der Waals surface area (Å²) in [6, 6.07) is 5.93.